The molecule has 0 aliphatic carbocycles. The maximum Gasteiger partial charge on any atom is 0.353 e. The van der Waals surface area contributed by atoms with Gasteiger partial charge in [0.25, 0.3) is 0 Å². The number of H-pyrrole nitrogens is 2. The zero-order valence-corrected chi connectivity index (χ0v) is 10.5. The molecule has 0 aliphatic heterocycles. The van der Waals surface area contributed by atoms with Crippen LogP contribution in [0.5, 0.6) is 0 Å². The zero-order valence-electron chi connectivity index (χ0n) is 8.80. The lowest BCUT2D eigenvalue weighted by Gasteiger charge is -1.97. The molecule has 6 nitrogen and oxygen atoms in total. The fourth-order valence-electron chi connectivity index (χ4n) is 1.36. The summed E-state index contributed by atoms with van der Waals surface area (Å²) < 4.78 is 0. The quantitative estimate of drug-likeness (QED) is 0.553. The molecule has 0 aromatic carbocycles. The Balaban J connectivity index is 2.29. The molecule has 94 valence electrons. The molecular formula is C10H8N2O4S2. The molecule has 0 unspecified atom stereocenters. The first-order valence-electron chi connectivity index (χ1n) is 4.72. The Morgan fingerprint density at radius 3 is 2.50 bits per heavy atom. The molecule has 2 aromatic heterocycles. The summed E-state index contributed by atoms with van der Waals surface area (Å²) in [5.41, 5.74) is 0.112. The van der Waals surface area contributed by atoms with Gasteiger partial charge in [-0.15, -0.1) is 12.6 Å². The Bertz CT molecular complexity index is 617. The van der Waals surface area contributed by atoms with Crippen molar-refractivity contribution in [2.75, 3.05) is 0 Å². The van der Waals surface area contributed by atoms with Crippen molar-refractivity contribution in [3.05, 3.63) is 29.7 Å². The van der Waals surface area contributed by atoms with Gasteiger partial charge in [0.05, 0.1) is 10.6 Å². The van der Waals surface area contributed by atoms with Gasteiger partial charge in [-0.05, 0) is 6.07 Å². The third kappa shape index (κ3) is 2.39. The summed E-state index contributed by atoms with van der Waals surface area (Å²) in [7, 11) is 0. The lowest BCUT2D eigenvalue weighted by molar-refractivity contribution is 0.0679. The SMILES string of the molecule is O=C(O)c1c[nH]cc1Sc1cc(S)c(C(=O)O)[nH]1. The first-order chi connectivity index (χ1) is 8.49. The fraction of sp³-hybridized carbons (Fsp3) is 0. The molecular weight excluding hydrogens is 276 g/mol. The van der Waals surface area contributed by atoms with Crippen molar-refractivity contribution in [2.24, 2.45) is 0 Å². The average molecular weight is 284 g/mol. The first-order valence-corrected chi connectivity index (χ1v) is 5.98. The summed E-state index contributed by atoms with van der Waals surface area (Å²) in [5, 5.41) is 18.3. The van der Waals surface area contributed by atoms with Crippen molar-refractivity contribution >= 4 is 36.3 Å². The normalized spacial score (nSPS) is 10.5. The van der Waals surface area contributed by atoms with Gasteiger partial charge >= 0.3 is 11.9 Å². The number of nitrogens with one attached hydrogen (secondary N) is 2. The lowest BCUT2D eigenvalue weighted by Crippen LogP contribution is -1.97. The molecule has 4 N–H and O–H groups in total. The van der Waals surface area contributed by atoms with Gasteiger partial charge in [-0.3, -0.25) is 0 Å². The van der Waals surface area contributed by atoms with Crippen LogP contribution in [-0.2, 0) is 0 Å². The van der Waals surface area contributed by atoms with E-state index in [0.29, 0.717) is 14.8 Å². The van der Waals surface area contributed by atoms with Crippen LogP contribution in [0, 0.1) is 0 Å². The van der Waals surface area contributed by atoms with Crippen LogP contribution in [0.15, 0.2) is 33.3 Å². The van der Waals surface area contributed by atoms with Gasteiger partial charge in [0, 0.05) is 22.2 Å². The molecule has 0 radical (unpaired) electrons. The molecule has 2 rings (SSSR count). The van der Waals surface area contributed by atoms with E-state index in [1.54, 1.807) is 0 Å². The van der Waals surface area contributed by atoms with Gasteiger partial charge in [0.15, 0.2) is 0 Å². The summed E-state index contributed by atoms with van der Waals surface area (Å²) in [6.45, 7) is 0. The van der Waals surface area contributed by atoms with Crippen LogP contribution in [0.1, 0.15) is 20.8 Å². The standard InChI is InChI=1S/C10H8N2O4S2/c13-9(14)4-2-11-3-6(4)18-7-1-5(17)8(12-7)10(15)16/h1-3,11-12,17H,(H,13,14)(H,15,16). The average Bonchev–Trinajstić information content (AvgIpc) is 2.85. The minimum Gasteiger partial charge on any atom is -0.478 e. The highest BCUT2D eigenvalue weighted by Gasteiger charge is 2.16. The maximum absolute atomic E-state index is 10.9. The van der Waals surface area contributed by atoms with Gasteiger partial charge in [0.2, 0.25) is 0 Å². The topological polar surface area (TPSA) is 106 Å². The van der Waals surface area contributed by atoms with Crippen LogP contribution in [0.25, 0.3) is 0 Å². The number of carbonyl (C=O) groups is 2. The second kappa shape index (κ2) is 4.83. The molecule has 0 saturated heterocycles. The van der Waals surface area contributed by atoms with Crippen LogP contribution >= 0.6 is 24.4 Å². The van der Waals surface area contributed by atoms with Gasteiger partial charge < -0.3 is 20.2 Å². The predicted octanol–water partition coefficient (Wildman–Crippen LogP) is 2.18. The van der Waals surface area contributed by atoms with Crippen LogP contribution in [0.3, 0.4) is 0 Å². The van der Waals surface area contributed by atoms with Crippen LogP contribution in [-0.4, -0.2) is 32.1 Å². The van der Waals surface area contributed by atoms with Gasteiger partial charge in [-0.2, -0.15) is 0 Å². The second-order valence-corrected chi connectivity index (χ2v) is 4.91. The van der Waals surface area contributed by atoms with Crippen LogP contribution in [0.4, 0.5) is 0 Å². The van der Waals surface area contributed by atoms with Crippen molar-refractivity contribution in [3.8, 4) is 0 Å². The largest absolute Gasteiger partial charge is 0.478 e. The third-order valence-electron chi connectivity index (χ3n) is 2.14. The van der Waals surface area contributed by atoms with E-state index >= 15 is 0 Å². The van der Waals surface area contributed by atoms with E-state index in [2.05, 4.69) is 22.6 Å². The molecule has 18 heavy (non-hydrogen) atoms. The molecule has 0 aliphatic rings. The van der Waals surface area contributed by atoms with Crippen molar-refractivity contribution in [2.45, 2.75) is 14.8 Å². The number of aromatic nitrogens is 2. The molecule has 8 heteroatoms. The minimum atomic E-state index is -1.11. The summed E-state index contributed by atoms with van der Waals surface area (Å²) in [4.78, 5) is 27.9. The molecule has 2 heterocycles. The van der Waals surface area contributed by atoms with Crippen LogP contribution in [0.2, 0.25) is 0 Å². The maximum atomic E-state index is 10.9. The zero-order chi connectivity index (χ0) is 13.3. The number of carboxylic acid groups (broad SMARTS) is 2. The van der Waals surface area contributed by atoms with Crippen LogP contribution < -0.4 is 0 Å². The molecule has 2 aromatic rings. The number of aromatic amines is 2. The fourth-order valence-corrected chi connectivity index (χ4v) is 2.68. The molecule has 0 amide bonds. The van der Waals surface area contributed by atoms with E-state index in [9.17, 15) is 9.59 Å². The van der Waals surface area contributed by atoms with Crippen molar-refractivity contribution in [3.63, 3.8) is 0 Å². The smallest absolute Gasteiger partial charge is 0.353 e. The van der Waals surface area contributed by atoms with E-state index in [1.165, 1.54) is 18.5 Å². The number of aromatic carboxylic acids is 2. The Morgan fingerprint density at radius 2 is 1.94 bits per heavy atom. The molecule has 0 saturated carbocycles. The minimum absolute atomic E-state index is 0.0201. The Kier molecular flexibility index (Phi) is 3.39. The second-order valence-electron chi connectivity index (χ2n) is 3.34. The first kappa shape index (κ1) is 12.7. The van der Waals surface area contributed by atoms with Crippen molar-refractivity contribution < 1.29 is 19.8 Å². The van der Waals surface area contributed by atoms with Crippen molar-refractivity contribution in [1.29, 1.82) is 0 Å². The molecule has 0 fully saturated rings. The predicted molar refractivity (Wildman–Crippen MR) is 66.9 cm³/mol. The Morgan fingerprint density at radius 1 is 1.22 bits per heavy atom. The highest BCUT2D eigenvalue weighted by molar-refractivity contribution is 7.99. The highest BCUT2D eigenvalue weighted by Crippen LogP contribution is 2.32. The summed E-state index contributed by atoms with van der Waals surface area (Å²) in [6, 6.07) is 1.54. The summed E-state index contributed by atoms with van der Waals surface area (Å²) >= 11 is 5.15. The van der Waals surface area contributed by atoms with Crippen molar-refractivity contribution in [1.82, 2.24) is 9.97 Å². The van der Waals surface area contributed by atoms with E-state index in [1.807, 2.05) is 0 Å². The number of hydrogen-bond acceptors (Lipinski definition) is 4. The monoisotopic (exact) mass is 284 g/mol. The number of thiol groups is 1. The molecule has 0 bridgehead atoms. The lowest BCUT2D eigenvalue weighted by atomic mass is 10.3. The number of rotatable bonds is 4. The Hall–Kier alpha value is -1.80. The van der Waals surface area contributed by atoms with E-state index in [0.717, 1.165) is 11.8 Å². The summed E-state index contributed by atoms with van der Waals surface area (Å²) in [6.07, 6.45) is 2.90. The molecule has 0 atom stereocenters. The Labute approximate surface area is 111 Å². The van der Waals surface area contributed by atoms with Gasteiger partial charge in [-0.25, -0.2) is 9.59 Å². The van der Waals surface area contributed by atoms with Gasteiger partial charge in [-0.1, -0.05) is 11.8 Å². The van der Waals surface area contributed by atoms with E-state index < -0.39 is 11.9 Å². The van der Waals surface area contributed by atoms with E-state index in [-0.39, 0.29) is 11.3 Å². The number of hydrogen-bond donors (Lipinski definition) is 5. The number of carboxylic acids is 2. The summed E-state index contributed by atoms with van der Waals surface area (Å²) in [5.74, 6) is -2.16. The highest BCUT2D eigenvalue weighted by atomic mass is 32.2. The third-order valence-corrected chi connectivity index (χ3v) is 3.49. The van der Waals surface area contributed by atoms with E-state index in [4.69, 9.17) is 10.2 Å². The molecule has 0 spiro atoms. The van der Waals surface area contributed by atoms with Gasteiger partial charge in [0.1, 0.15) is 5.69 Å².